The van der Waals surface area contributed by atoms with Crippen LogP contribution in [0.5, 0.6) is 0 Å². The fourth-order valence-corrected chi connectivity index (χ4v) is 2.17. The Morgan fingerprint density at radius 3 is 2.81 bits per heavy atom. The molecule has 0 atom stereocenters. The molecule has 0 bridgehead atoms. The van der Waals surface area contributed by atoms with Crippen LogP contribution in [0.2, 0.25) is 0 Å². The SMILES string of the molecule is CN(Cc1cccc(F)c1)C(=O)c1ccc2n[nH]nc2c1. The molecule has 3 aromatic rings. The first kappa shape index (κ1) is 13.2. The van der Waals surface area contributed by atoms with E-state index in [2.05, 4.69) is 15.4 Å². The third-order valence-electron chi connectivity index (χ3n) is 3.22. The highest BCUT2D eigenvalue weighted by molar-refractivity contribution is 5.97. The second-order valence-corrected chi connectivity index (χ2v) is 4.82. The van der Waals surface area contributed by atoms with Gasteiger partial charge in [0.2, 0.25) is 0 Å². The van der Waals surface area contributed by atoms with Crippen LogP contribution < -0.4 is 0 Å². The summed E-state index contributed by atoms with van der Waals surface area (Å²) in [7, 11) is 1.68. The minimum atomic E-state index is -0.308. The van der Waals surface area contributed by atoms with E-state index in [1.807, 2.05) is 0 Å². The largest absolute Gasteiger partial charge is 0.337 e. The molecule has 3 rings (SSSR count). The minimum absolute atomic E-state index is 0.149. The lowest BCUT2D eigenvalue weighted by molar-refractivity contribution is 0.0785. The molecule has 2 aromatic carbocycles. The monoisotopic (exact) mass is 284 g/mol. The van der Waals surface area contributed by atoms with Crippen LogP contribution in [-0.4, -0.2) is 33.3 Å². The molecule has 0 aliphatic rings. The van der Waals surface area contributed by atoms with E-state index in [0.717, 1.165) is 5.56 Å². The van der Waals surface area contributed by atoms with Crippen LogP contribution in [0.1, 0.15) is 15.9 Å². The summed E-state index contributed by atoms with van der Waals surface area (Å²) in [4.78, 5) is 13.9. The molecule has 5 nitrogen and oxygen atoms in total. The summed E-state index contributed by atoms with van der Waals surface area (Å²) in [5, 5.41) is 10.4. The predicted molar refractivity (Wildman–Crippen MR) is 76.1 cm³/mol. The molecule has 0 aliphatic carbocycles. The van der Waals surface area contributed by atoms with Crippen LogP contribution in [0.25, 0.3) is 11.0 Å². The summed E-state index contributed by atoms with van der Waals surface area (Å²) in [6.07, 6.45) is 0. The number of halogens is 1. The van der Waals surface area contributed by atoms with Crippen LogP contribution in [0.3, 0.4) is 0 Å². The first-order valence-electron chi connectivity index (χ1n) is 6.44. The standard InChI is InChI=1S/C15H13FN4O/c1-20(9-10-3-2-4-12(16)7-10)15(21)11-5-6-13-14(8-11)18-19-17-13/h2-8H,9H2,1H3,(H,17,18,19). The van der Waals surface area contributed by atoms with Crippen molar-refractivity contribution in [3.8, 4) is 0 Å². The molecule has 0 unspecified atom stereocenters. The minimum Gasteiger partial charge on any atom is -0.337 e. The average molecular weight is 284 g/mol. The van der Waals surface area contributed by atoms with Crippen molar-refractivity contribution in [1.82, 2.24) is 20.3 Å². The van der Waals surface area contributed by atoms with Crippen LogP contribution in [0.15, 0.2) is 42.5 Å². The van der Waals surface area contributed by atoms with Gasteiger partial charge in [-0.05, 0) is 35.9 Å². The third-order valence-corrected chi connectivity index (χ3v) is 3.22. The van der Waals surface area contributed by atoms with Gasteiger partial charge in [-0.2, -0.15) is 15.4 Å². The van der Waals surface area contributed by atoms with Gasteiger partial charge in [0.15, 0.2) is 0 Å². The van der Waals surface area contributed by atoms with Crippen LogP contribution in [-0.2, 0) is 6.54 Å². The maximum Gasteiger partial charge on any atom is 0.253 e. The van der Waals surface area contributed by atoms with Crippen molar-refractivity contribution in [3.63, 3.8) is 0 Å². The van der Waals surface area contributed by atoms with E-state index in [-0.39, 0.29) is 11.7 Å². The van der Waals surface area contributed by atoms with Crippen molar-refractivity contribution in [1.29, 1.82) is 0 Å². The van der Waals surface area contributed by atoms with Gasteiger partial charge >= 0.3 is 0 Å². The molecule has 0 fully saturated rings. The molecule has 106 valence electrons. The number of nitrogens with one attached hydrogen (secondary N) is 1. The highest BCUT2D eigenvalue weighted by Gasteiger charge is 2.13. The van der Waals surface area contributed by atoms with E-state index < -0.39 is 0 Å². The Morgan fingerprint density at radius 1 is 1.19 bits per heavy atom. The topological polar surface area (TPSA) is 61.9 Å². The van der Waals surface area contributed by atoms with Gasteiger partial charge in [0.25, 0.3) is 5.91 Å². The molecule has 0 saturated heterocycles. The van der Waals surface area contributed by atoms with Gasteiger partial charge in [-0.15, -0.1) is 0 Å². The Labute approximate surface area is 120 Å². The Kier molecular flexibility index (Phi) is 3.35. The molecular formula is C15H13FN4O. The number of aromatic amines is 1. The number of H-pyrrole nitrogens is 1. The fourth-order valence-electron chi connectivity index (χ4n) is 2.17. The van der Waals surface area contributed by atoms with E-state index in [4.69, 9.17) is 0 Å². The van der Waals surface area contributed by atoms with Crippen LogP contribution >= 0.6 is 0 Å². The molecule has 0 spiro atoms. The van der Waals surface area contributed by atoms with Gasteiger partial charge in [-0.3, -0.25) is 4.79 Å². The highest BCUT2D eigenvalue weighted by atomic mass is 19.1. The molecule has 21 heavy (non-hydrogen) atoms. The summed E-state index contributed by atoms with van der Waals surface area (Å²) < 4.78 is 13.2. The lowest BCUT2D eigenvalue weighted by Crippen LogP contribution is -2.26. The number of nitrogens with zero attached hydrogens (tertiary/aromatic N) is 3. The fraction of sp³-hybridized carbons (Fsp3) is 0.133. The zero-order valence-corrected chi connectivity index (χ0v) is 11.4. The maximum absolute atomic E-state index is 13.2. The lowest BCUT2D eigenvalue weighted by atomic mass is 10.1. The average Bonchev–Trinajstić information content (AvgIpc) is 2.93. The van der Waals surface area contributed by atoms with E-state index in [9.17, 15) is 9.18 Å². The lowest BCUT2D eigenvalue weighted by Gasteiger charge is -2.17. The molecule has 1 amide bonds. The number of carbonyl (C=O) groups excluding carboxylic acids is 1. The molecule has 1 heterocycles. The summed E-state index contributed by atoms with van der Waals surface area (Å²) in [6.45, 7) is 0.341. The number of amides is 1. The summed E-state index contributed by atoms with van der Waals surface area (Å²) in [5.41, 5.74) is 2.61. The van der Waals surface area contributed by atoms with Crippen molar-refractivity contribution in [2.75, 3.05) is 7.05 Å². The predicted octanol–water partition coefficient (Wildman–Crippen LogP) is 2.37. The molecule has 1 N–H and O–H groups in total. The van der Waals surface area contributed by atoms with Gasteiger partial charge in [-0.1, -0.05) is 12.1 Å². The van der Waals surface area contributed by atoms with Gasteiger partial charge in [-0.25, -0.2) is 4.39 Å². The Balaban J connectivity index is 1.80. The van der Waals surface area contributed by atoms with Crippen molar-refractivity contribution < 1.29 is 9.18 Å². The molecule has 0 saturated carbocycles. The van der Waals surface area contributed by atoms with Gasteiger partial charge in [0.1, 0.15) is 16.9 Å². The number of fused-ring (bicyclic) bond motifs is 1. The van der Waals surface area contributed by atoms with E-state index >= 15 is 0 Å². The quantitative estimate of drug-likeness (QED) is 0.803. The Hall–Kier alpha value is -2.76. The first-order chi connectivity index (χ1) is 10.1. The van der Waals surface area contributed by atoms with Crippen molar-refractivity contribution in [3.05, 3.63) is 59.4 Å². The molecular weight excluding hydrogens is 271 g/mol. The number of benzene rings is 2. The molecule has 0 radical (unpaired) electrons. The van der Waals surface area contributed by atoms with Crippen molar-refractivity contribution in [2.24, 2.45) is 0 Å². The smallest absolute Gasteiger partial charge is 0.253 e. The number of hydrogen-bond acceptors (Lipinski definition) is 3. The van der Waals surface area contributed by atoms with Crippen LogP contribution in [0, 0.1) is 5.82 Å². The number of rotatable bonds is 3. The van der Waals surface area contributed by atoms with Gasteiger partial charge in [0.05, 0.1) is 0 Å². The second-order valence-electron chi connectivity index (χ2n) is 4.82. The van der Waals surface area contributed by atoms with Crippen molar-refractivity contribution in [2.45, 2.75) is 6.54 Å². The number of hydrogen-bond donors (Lipinski definition) is 1. The summed E-state index contributed by atoms with van der Waals surface area (Å²) in [6, 6.07) is 11.3. The highest BCUT2D eigenvalue weighted by Crippen LogP contribution is 2.14. The summed E-state index contributed by atoms with van der Waals surface area (Å²) >= 11 is 0. The number of carbonyl (C=O) groups is 1. The second kappa shape index (κ2) is 5.32. The van der Waals surface area contributed by atoms with E-state index in [0.29, 0.717) is 23.1 Å². The van der Waals surface area contributed by atoms with E-state index in [1.54, 1.807) is 37.4 Å². The molecule has 0 aliphatic heterocycles. The normalized spacial score (nSPS) is 10.8. The molecule has 1 aromatic heterocycles. The maximum atomic E-state index is 13.2. The zero-order chi connectivity index (χ0) is 14.8. The zero-order valence-electron chi connectivity index (χ0n) is 11.4. The summed E-state index contributed by atoms with van der Waals surface area (Å²) in [5.74, 6) is -0.457. The van der Waals surface area contributed by atoms with Gasteiger partial charge < -0.3 is 4.90 Å². The van der Waals surface area contributed by atoms with Crippen molar-refractivity contribution >= 4 is 16.9 Å². The first-order valence-corrected chi connectivity index (χ1v) is 6.44. The van der Waals surface area contributed by atoms with Gasteiger partial charge in [0, 0.05) is 19.2 Å². The molecule has 6 heteroatoms. The Morgan fingerprint density at radius 2 is 2.00 bits per heavy atom. The Bertz CT molecular complexity index is 799. The van der Waals surface area contributed by atoms with E-state index in [1.165, 1.54) is 17.0 Å². The third kappa shape index (κ3) is 2.74. The number of aromatic nitrogens is 3. The van der Waals surface area contributed by atoms with Crippen LogP contribution in [0.4, 0.5) is 4.39 Å².